The fraction of sp³-hybridized carbons (Fsp3) is 0.562. The molecule has 20 heavy (non-hydrogen) atoms. The molecule has 1 aliphatic rings. The minimum absolute atomic E-state index is 0.199. The largest absolute Gasteiger partial charge is 0.465 e. The molecule has 2 atom stereocenters. The molecule has 1 aromatic carbocycles. The molecule has 0 saturated carbocycles. The van der Waals surface area contributed by atoms with Crippen LogP contribution in [0.15, 0.2) is 24.3 Å². The second-order valence-electron chi connectivity index (χ2n) is 5.58. The number of rotatable bonds is 4. The Morgan fingerprint density at radius 3 is 2.70 bits per heavy atom. The zero-order chi connectivity index (χ0) is 14.5. The van der Waals surface area contributed by atoms with Crippen LogP contribution in [0.4, 0.5) is 0 Å². The number of carbonyl (C=O) groups excluding carboxylic acids is 1. The summed E-state index contributed by atoms with van der Waals surface area (Å²) in [7, 11) is 1.40. The summed E-state index contributed by atoms with van der Waals surface area (Å²) < 4.78 is 4.71. The average Bonchev–Trinajstić information content (AvgIpc) is 2.47. The Bertz CT molecular complexity index is 442. The van der Waals surface area contributed by atoms with Gasteiger partial charge in [-0.15, -0.1) is 0 Å². The van der Waals surface area contributed by atoms with Crippen molar-refractivity contribution in [3.05, 3.63) is 35.4 Å². The number of carbonyl (C=O) groups is 1. The SMILES string of the molecule is COC(=O)c1ccc(CN2CCCCC2C(C)N)cc1. The molecule has 2 N–H and O–H groups in total. The summed E-state index contributed by atoms with van der Waals surface area (Å²) in [6.07, 6.45) is 3.69. The van der Waals surface area contributed by atoms with Gasteiger partial charge < -0.3 is 10.5 Å². The lowest BCUT2D eigenvalue weighted by Crippen LogP contribution is -2.48. The van der Waals surface area contributed by atoms with Gasteiger partial charge in [0.1, 0.15) is 0 Å². The minimum Gasteiger partial charge on any atom is -0.465 e. The lowest BCUT2D eigenvalue weighted by atomic mass is 9.96. The number of likely N-dealkylation sites (tertiary alicyclic amines) is 1. The summed E-state index contributed by atoms with van der Waals surface area (Å²) >= 11 is 0. The van der Waals surface area contributed by atoms with Crippen LogP contribution in [0.25, 0.3) is 0 Å². The molecule has 1 aliphatic heterocycles. The van der Waals surface area contributed by atoms with Crippen molar-refractivity contribution in [2.75, 3.05) is 13.7 Å². The number of ether oxygens (including phenoxy) is 1. The summed E-state index contributed by atoms with van der Waals surface area (Å²) in [4.78, 5) is 13.9. The smallest absolute Gasteiger partial charge is 0.337 e. The van der Waals surface area contributed by atoms with Crippen LogP contribution < -0.4 is 5.73 Å². The second-order valence-corrected chi connectivity index (χ2v) is 5.58. The highest BCUT2D eigenvalue weighted by atomic mass is 16.5. The molecule has 1 saturated heterocycles. The normalized spacial score (nSPS) is 21.4. The third-order valence-electron chi connectivity index (χ3n) is 4.03. The zero-order valence-electron chi connectivity index (χ0n) is 12.3. The number of hydrogen-bond acceptors (Lipinski definition) is 4. The zero-order valence-corrected chi connectivity index (χ0v) is 12.3. The second kappa shape index (κ2) is 6.86. The van der Waals surface area contributed by atoms with Gasteiger partial charge in [0.05, 0.1) is 12.7 Å². The van der Waals surface area contributed by atoms with Crippen molar-refractivity contribution < 1.29 is 9.53 Å². The van der Waals surface area contributed by atoms with Crippen molar-refractivity contribution in [3.8, 4) is 0 Å². The summed E-state index contributed by atoms with van der Waals surface area (Å²) in [5, 5.41) is 0. The first-order chi connectivity index (χ1) is 9.61. The third kappa shape index (κ3) is 3.58. The standard InChI is InChI=1S/C16H24N2O2/c1-12(17)15-5-3-4-10-18(15)11-13-6-8-14(9-7-13)16(19)20-2/h6-9,12,15H,3-5,10-11,17H2,1-2H3. The highest BCUT2D eigenvalue weighted by Crippen LogP contribution is 2.21. The van der Waals surface area contributed by atoms with E-state index in [0.717, 1.165) is 13.1 Å². The van der Waals surface area contributed by atoms with Crippen molar-refractivity contribution in [3.63, 3.8) is 0 Å². The Balaban J connectivity index is 2.03. The van der Waals surface area contributed by atoms with E-state index in [2.05, 4.69) is 11.8 Å². The number of piperidine rings is 1. The molecular formula is C16H24N2O2. The molecule has 1 heterocycles. The van der Waals surface area contributed by atoms with Crippen molar-refractivity contribution in [1.82, 2.24) is 4.90 Å². The van der Waals surface area contributed by atoms with Crippen LogP contribution in [0.3, 0.4) is 0 Å². The van der Waals surface area contributed by atoms with Crippen molar-refractivity contribution >= 4 is 5.97 Å². The van der Waals surface area contributed by atoms with Gasteiger partial charge in [-0.2, -0.15) is 0 Å². The molecular weight excluding hydrogens is 252 g/mol. The molecule has 2 rings (SSSR count). The topological polar surface area (TPSA) is 55.6 Å². The fourth-order valence-electron chi connectivity index (χ4n) is 2.91. The van der Waals surface area contributed by atoms with Gasteiger partial charge in [0, 0.05) is 18.6 Å². The van der Waals surface area contributed by atoms with Gasteiger partial charge in [0.15, 0.2) is 0 Å². The molecule has 0 aliphatic carbocycles. The summed E-state index contributed by atoms with van der Waals surface area (Å²) in [5.41, 5.74) is 7.90. The molecule has 1 fully saturated rings. The molecule has 0 spiro atoms. The van der Waals surface area contributed by atoms with Crippen LogP contribution in [0.5, 0.6) is 0 Å². The Labute approximate surface area is 120 Å². The number of nitrogens with two attached hydrogens (primary N) is 1. The first-order valence-electron chi connectivity index (χ1n) is 7.28. The van der Waals surface area contributed by atoms with Gasteiger partial charge in [-0.3, -0.25) is 4.90 Å². The Kier molecular flexibility index (Phi) is 5.15. The van der Waals surface area contributed by atoms with Crippen LogP contribution in [-0.2, 0) is 11.3 Å². The highest BCUT2D eigenvalue weighted by molar-refractivity contribution is 5.89. The Hall–Kier alpha value is -1.39. The van der Waals surface area contributed by atoms with E-state index in [1.165, 1.54) is 31.9 Å². The monoisotopic (exact) mass is 276 g/mol. The average molecular weight is 276 g/mol. The van der Waals surface area contributed by atoms with Gasteiger partial charge in [-0.05, 0) is 44.0 Å². The number of hydrogen-bond donors (Lipinski definition) is 1. The molecule has 0 radical (unpaired) electrons. The van der Waals surface area contributed by atoms with Gasteiger partial charge in [0.2, 0.25) is 0 Å². The highest BCUT2D eigenvalue weighted by Gasteiger charge is 2.25. The maximum absolute atomic E-state index is 11.4. The lowest BCUT2D eigenvalue weighted by molar-refractivity contribution is 0.0600. The van der Waals surface area contributed by atoms with Crippen molar-refractivity contribution in [2.24, 2.45) is 5.73 Å². The van der Waals surface area contributed by atoms with Gasteiger partial charge >= 0.3 is 5.97 Å². The first kappa shape index (κ1) is 15.0. The minimum atomic E-state index is -0.289. The van der Waals surface area contributed by atoms with E-state index in [1.54, 1.807) is 0 Å². The predicted octanol–water partition coefficient (Wildman–Crippen LogP) is 2.17. The number of esters is 1. The molecule has 1 aromatic rings. The lowest BCUT2D eigenvalue weighted by Gasteiger charge is -2.38. The molecule has 110 valence electrons. The molecule has 0 aromatic heterocycles. The molecule has 0 bridgehead atoms. The van der Waals surface area contributed by atoms with Crippen LogP contribution in [-0.4, -0.2) is 36.6 Å². The Morgan fingerprint density at radius 1 is 1.40 bits per heavy atom. The molecule has 2 unspecified atom stereocenters. The van der Waals surface area contributed by atoms with E-state index in [4.69, 9.17) is 10.5 Å². The van der Waals surface area contributed by atoms with Crippen molar-refractivity contribution in [1.29, 1.82) is 0 Å². The maximum Gasteiger partial charge on any atom is 0.337 e. The van der Waals surface area contributed by atoms with E-state index >= 15 is 0 Å². The first-order valence-corrected chi connectivity index (χ1v) is 7.28. The van der Waals surface area contributed by atoms with Gasteiger partial charge in [0.25, 0.3) is 0 Å². The van der Waals surface area contributed by atoms with E-state index in [-0.39, 0.29) is 12.0 Å². The van der Waals surface area contributed by atoms with E-state index < -0.39 is 0 Å². The Morgan fingerprint density at radius 2 is 2.10 bits per heavy atom. The third-order valence-corrected chi connectivity index (χ3v) is 4.03. The van der Waals surface area contributed by atoms with Gasteiger partial charge in [-0.1, -0.05) is 18.6 Å². The number of benzene rings is 1. The van der Waals surface area contributed by atoms with Crippen molar-refractivity contribution in [2.45, 2.75) is 44.8 Å². The summed E-state index contributed by atoms with van der Waals surface area (Å²) in [6, 6.07) is 8.31. The quantitative estimate of drug-likeness (QED) is 0.856. The van der Waals surface area contributed by atoms with Crippen LogP contribution >= 0.6 is 0 Å². The van der Waals surface area contributed by atoms with E-state index in [0.29, 0.717) is 11.6 Å². The number of nitrogens with zero attached hydrogens (tertiary/aromatic N) is 1. The van der Waals surface area contributed by atoms with E-state index in [9.17, 15) is 4.79 Å². The van der Waals surface area contributed by atoms with E-state index in [1.807, 2.05) is 24.3 Å². The maximum atomic E-state index is 11.4. The van der Waals surface area contributed by atoms with Crippen LogP contribution in [0.1, 0.15) is 42.1 Å². The number of methoxy groups -OCH3 is 1. The molecule has 4 heteroatoms. The van der Waals surface area contributed by atoms with Crippen LogP contribution in [0, 0.1) is 0 Å². The van der Waals surface area contributed by atoms with Gasteiger partial charge in [-0.25, -0.2) is 4.79 Å². The molecule has 0 amide bonds. The summed E-state index contributed by atoms with van der Waals surface area (Å²) in [5.74, 6) is -0.289. The van der Waals surface area contributed by atoms with Crippen LogP contribution in [0.2, 0.25) is 0 Å². The summed E-state index contributed by atoms with van der Waals surface area (Å²) in [6.45, 7) is 4.09. The molecule has 4 nitrogen and oxygen atoms in total. The fourth-order valence-corrected chi connectivity index (χ4v) is 2.91. The predicted molar refractivity (Wildman–Crippen MR) is 79.5 cm³/mol.